The number of benzene rings is 2. The van der Waals surface area contributed by atoms with E-state index < -0.39 is 38.3 Å². The molecule has 0 fully saturated rings. The molecule has 4 aromatic rings. The third-order valence-corrected chi connectivity index (χ3v) is 7.88. The maximum Gasteiger partial charge on any atom is 0.196 e. The highest BCUT2D eigenvalue weighted by molar-refractivity contribution is 7.92. The van der Waals surface area contributed by atoms with Crippen LogP contribution in [0.2, 0.25) is 0 Å². The molecular formula is C26H24F2N2O4S. The van der Waals surface area contributed by atoms with E-state index in [-0.39, 0.29) is 17.8 Å². The number of rotatable bonds is 8. The molecule has 9 heteroatoms. The van der Waals surface area contributed by atoms with E-state index in [2.05, 4.69) is 4.98 Å². The van der Waals surface area contributed by atoms with Gasteiger partial charge in [0, 0.05) is 16.5 Å². The highest BCUT2D eigenvalue weighted by Gasteiger charge is 2.23. The summed E-state index contributed by atoms with van der Waals surface area (Å²) >= 11 is 0. The number of methoxy groups -OCH3 is 1. The van der Waals surface area contributed by atoms with Crippen LogP contribution in [0.1, 0.15) is 30.0 Å². The van der Waals surface area contributed by atoms with Crippen molar-refractivity contribution in [3.63, 3.8) is 0 Å². The lowest BCUT2D eigenvalue weighted by molar-refractivity contribution is 0.101. The molecule has 6 nitrogen and oxygen atoms in total. The number of ketones is 1. The number of fused-ring (bicyclic) bond motifs is 1. The van der Waals surface area contributed by atoms with Crippen molar-refractivity contribution < 1.29 is 26.7 Å². The van der Waals surface area contributed by atoms with E-state index in [9.17, 15) is 22.0 Å². The molecule has 0 amide bonds. The third kappa shape index (κ3) is 5.09. The average Bonchev–Trinajstić information content (AvgIpc) is 3.17. The van der Waals surface area contributed by atoms with Gasteiger partial charge in [-0.1, -0.05) is 6.07 Å². The molecule has 4 rings (SSSR count). The normalized spacial score (nSPS) is 11.8. The molecule has 2 aromatic heterocycles. The molecule has 182 valence electrons. The van der Waals surface area contributed by atoms with Crippen molar-refractivity contribution in [1.82, 2.24) is 9.55 Å². The Labute approximate surface area is 202 Å². The molecule has 0 aliphatic rings. The fourth-order valence-corrected chi connectivity index (χ4v) is 4.62. The highest BCUT2D eigenvalue weighted by atomic mass is 32.2. The molecule has 0 aliphatic carbocycles. The molecular weight excluding hydrogens is 474 g/mol. The fraction of sp³-hybridized carbons (Fsp3) is 0.231. The van der Waals surface area contributed by atoms with Crippen LogP contribution in [0.15, 0.2) is 60.7 Å². The van der Waals surface area contributed by atoms with Gasteiger partial charge in [0.1, 0.15) is 28.8 Å². The molecule has 35 heavy (non-hydrogen) atoms. The fourth-order valence-electron chi connectivity index (χ4n) is 3.77. The number of ether oxygens (including phenoxy) is 1. The summed E-state index contributed by atoms with van der Waals surface area (Å²) in [5.74, 6) is -1.78. The summed E-state index contributed by atoms with van der Waals surface area (Å²) < 4.78 is 60.2. The quantitative estimate of drug-likeness (QED) is 0.318. The molecule has 0 bridgehead atoms. The number of halogens is 2. The van der Waals surface area contributed by atoms with Crippen molar-refractivity contribution >= 4 is 26.5 Å². The lowest BCUT2D eigenvalue weighted by atomic mass is 10.1. The van der Waals surface area contributed by atoms with Gasteiger partial charge in [-0.25, -0.2) is 22.2 Å². The van der Waals surface area contributed by atoms with Crippen molar-refractivity contribution in [1.29, 1.82) is 0 Å². The molecule has 0 atom stereocenters. The monoisotopic (exact) mass is 498 g/mol. The van der Waals surface area contributed by atoms with Gasteiger partial charge in [-0.15, -0.1) is 0 Å². The van der Waals surface area contributed by atoms with Crippen molar-refractivity contribution in [2.45, 2.75) is 25.6 Å². The Balaban J connectivity index is 1.78. The Morgan fingerprint density at radius 3 is 2.54 bits per heavy atom. The number of hydrogen-bond donors (Lipinski definition) is 0. The molecule has 0 aliphatic heterocycles. The number of hydrogen-bond acceptors (Lipinski definition) is 5. The summed E-state index contributed by atoms with van der Waals surface area (Å²) in [5, 5.41) is 0.0693. The minimum atomic E-state index is -3.58. The van der Waals surface area contributed by atoms with Crippen LogP contribution in [0.25, 0.3) is 22.2 Å². The van der Waals surface area contributed by atoms with Gasteiger partial charge in [-0.3, -0.25) is 4.79 Å². The topological polar surface area (TPSA) is 78.3 Å². The summed E-state index contributed by atoms with van der Waals surface area (Å²) in [4.78, 5) is 17.0. The van der Waals surface area contributed by atoms with Crippen molar-refractivity contribution in [2.24, 2.45) is 0 Å². The first-order chi connectivity index (χ1) is 16.6. The summed E-state index contributed by atoms with van der Waals surface area (Å²) in [6.45, 7) is 3.18. The molecule has 0 spiro atoms. The first-order valence-corrected chi connectivity index (χ1v) is 12.6. The van der Waals surface area contributed by atoms with Crippen LogP contribution in [-0.4, -0.2) is 41.9 Å². The van der Waals surface area contributed by atoms with Gasteiger partial charge >= 0.3 is 0 Å². The van der Waals surface area contributed by atoms with Crippen LogP contribution in [0.4, 0.5) is 8.78 Å². The van der Waals surface area contributed by atoms with E-state index in [0.717, 1.165) is 29.1 Å². The molecule has 0 unspecified atom stereocenters. The standard InChI is InChI=1S/C26H24F2N2O4S/c1-16(2)35(32,33)15-26(31)23-6-4-5-19(29-23)14-30-24-10-8-20(34-3)11-17(24)12-25(30)21-13-18(27)7-9-22(21)28/h4-13,16H,14-15H2,1-3H3. The van der Waals surface area contributed by atoms with Crippen molar-refractivity contribution in [3.05, 3.63) is 83.7 Å². The predicted octanol–water partition coefficient (Wildman–Crippen LogP) is 5.04. The third-order valence-electron chi connectivity index (χ3n) is 5.78. The van der Waals surface area contributed by atoms with Gasteiger partial charge in [0.2, 0.25) is 0 Å². The van der Waals surface area contributed by atoms with E-state index in [1.165, 1.54) is 27.0 Å². The highest BCUT2D eigenvalue weighted by Crippen LogP contribution is 2.33. The van der Waals surface area contributed by atoms with Crippen LogP contribution < -0.4 is 4.74 Å². The van der Waals surface area contributed by atoms with Crippen LogP contribution in [0.3, 0.4) is 0 Å². The summed E-state index contributed by atoms with van der Waals surface area (Å²) in [5.41, 5.74) is 1.72. The van der Waals surface area contributed by atoms with E-state index in [4.69, 9.17) is 4.74 Å². The van der Waals surface area contributed by atoms with Crippen LogP contribution in [0, 0.1) is 11.6 Å². The van der Waals surface area contributed by atoms with Gasteiger partial charge in [-0.05, 0) is 68.4 Å². The number of aromatic nitrogens is 2. The Morgan fingerprint density at radius 1 is 1.06 bits per heavy atom. The number of Topliss-reactive ketones (excluding diaryl/α,β-unsaturated/α-hetero) is 1. The SMILES string of the molecule is COc1ccc2c(c1)cc(-c1cc(F)ccc1F)n2Cc1cccc(C(=O)CS(=O)(=O)C(C)C)n1. The average molecular weight is 499 g/mol. The maximum atomic E-state index is 14.7. The van der Waals surface area contributed by atoms with Gasteiger partial charge < -0.3 is 9.30 Å². The Kier molecular flexibility index (Phi) is 6.71. The number of carbonyl (C=O) groups is 1. The maximum absolute atomic E-state index is 14.7. The van der Waals surface area contributed by atoms with Gasteiger partial charge in [-0.2, -0.15) is 0 Å². The van der Waals surface area contributed by atoms with E-state index in [1.54, 1.807) is 41.0 Å². The Morgan fingerprint density at radius 2 is 1.83 bits per heavy atom. The van der Waals surface area contributed by atoms with Crippen LogP contribution in [0.5, 0.6) is 5.75 Å². The van der Waals surface area contributed by atoms with Crippen molar-refractivity contribution in [2.75, 3.05) is 12.9 Å². The number of nitrogens with zero attached hydrogens (tertiary/aromatic N) is 2. The summed E-state index contributed by atoms with van der Waals surface area (Å²) in [6.07, 6.45) is 0. The molecule has 2 aromatic carbocycles. The predicted molar refractivity (Wildman–Crippen MR) is 130 cm³/mol. The van der Waals surface area contributed by atoms with Gasteiger partial charge in [0.25, 0.3) is 0 Å². The second-order valence-electron chi connectivity index (χ2n) is 8.46. The molecule has 0 saturated carbocycles. The van der Waals surface area contributed by atoms with E-state index in [1.807, 2.05) is 0 Å². The lowest BCUT2D eigenvalue weighted by Crippen LogP contribution is -2.24. The minimum absolute atomic E-state index is 0.0309. The zero-order valence-electron chi connectivity index (χ0n) is 19.5. The number of carbonyl (C=O) groups excluding carboxylic acids is 1. The van der Waals surface area contributed by atoms with Gasteiger partial charge in [0.05, 0.1) is 30.3 Å². The van der Waals surface area contributed by atoms with E-state index >= 15 is 0 Å². The molecule has 0 radical (unpaired) electrons. The lowest BCUT2D eigenvalue weighted by Gasteiger charge is -2.13. The zero-order chi connectivity index (χ0) is 25.3. The number of sulfone groups is 1. The van der Waals surface area contributed by atoms with Crippen LogP contribution >= 0.6 is 0 Å². The zero-order valence-corrected chi connectivity index (χ0v) is 20.3. The van der Waals surface area contributed by atoms with Crippen LogP contribution in [-0.2, 0) is 16.4 Å². The van der Waals surface area contributed by atoms with E-state index in [0.29, 0.717) is 17.1 Å². The largest absolute Gasteiger partial charge is 0.497 e. The molecule has 0 N–H and O–H groups in total. The minimum Gasteiger partial charge on any atom is -0.497 e. The second-order valence-corrected chi connectivity index (χ2v) is 11.0. The molecule has 2 heterocycles. The smallest absolute Gasteiger partial charge is 0.196 e. The Hall–Kier alpha value is -3.59. The number of pyridine rings is 1. The first kappa shape index (κ1) is 24.5. The molecule has 0 saturated heterocycles. The Bertz CT molecular complexity index is 1530. The summed E-state index contributed by atoms with van der Waals surface area (Å²) in [7, 11) is -2.04. The second kappa shape index (κ2) is 9.58. The first-order valence-electron chi connectivity index (χ1n) is 10.9. The van der Waals surface area contributed by atoms with Gasteiger partial charge in [0.15, 0.2) is 15.6 Å². The van der Waals surface area contributed by atoms with Crippen molar-refractivity contribution in [3.8, 4) is 17.0 Å². The summed E-state index contributed by atoms with van der Waals surface area (Å²) in [6, 6.07) is 15.1.